The van der Waals surface area contributed by atoms with Gasteiger partial charge in [0.2, 0.25) is 0 Å². The number of rotatable bonds is 5. The molecule has 0 spiro atoms. The summed E-state index contributed by atoms with van der Waals surface area (Å²) >= 11 is 0. The van der Waals surface area contributed by atoms with Crippen molar-refractivity contribution in [2.24, 2.45) is 10.4 Å². The summed E-state index contributed by atoms with van der Waals surface area (Å²) in [6.45, 7) is 2.94. The molecule has 0 aromatic rings. The molecular weight excluding hydrogens is 156 g/mol. The van der Waals surface area contributed by atoms with E-state index in [1.54, 1.807) is 5.01 Å². The van der Waals surface area contributed by atoms with E-state index in [1.807, 2.05) is 0 Å². The summed E-state index contributed by atoms with van der Waals surface area (Å²) in [5.41, 5.74) is 2.60. The minimum absolute atomic E-state index is 0.346. The molecule has 0 amide bonds. The van der Waals surface area contributed by atoms with Gasteiger partial charge in [0, 0.05) is 6.54 Å². The van der Waals surface area contributed by atoms with Crippen LogP contribution < -0.4 is 5.43 Å². The van der Waals surface area contributed by atoms with Crippen molar-refractivity contribution in [1.29, 1.82) is 0 Å². The molecule has 5 nitrogen and oxygen atoms in total. The second-order valence-electron chi connectivity index (χ2n) is 2.77. The van der Waals surface area contributed by atoms with Gasteiger partial charge in [-0.15, -0.1) is 0 Å². The molecule has 0 saturated carbocycles. The molecule has 0 aromatic carbocycles. The maximum atomic E-state index is 10.4. The molecule has 0 aliphatic carbocycles. The lowest BCUT2D eigenvalue weighted by Gasteiger charge is -2.15. The van der Waals surface area contributed by atoms with Crippen LogP contribution in [0, 0.1) is 0 Å². The third kappa shape index (κ3) is 2.18. The molecule has 5 heteroatoms. The normalized spacial score (nSPS) is 21.1. The highest BCUT2D eigenvalue weighted by atomic mass is 16.1. The van der Waals surface area contributed by atoms with E-state index in [0.29, 0.717) is 0 Å². The maximum Gasteiger partial charge on any atom is 0.190 e. The summed E-state index contributed by atoms with van der Waals surface area (Å²) in [4.78, 5) is 10.4. The highest BCUT2D eigenvalue weighted by Crippen LogP contribution is 2.05. The van der Waals surface area contributed by atoms with E-state index in [2.05, 4.69) is 22.8 Å². The molecular formula is C7H14N4O. The van der Waals surface area contributed by atoms with E-state index in [1.165, 1.54) is 6.42 Å². The van der Waals surface area contributed by atoms with E-state index >= 15 is 0 Å². The maximum absolute atomic E-state index is 10.4. The molecule has 0 aromatic heterocycles. The Kier molecular flexibility index (Phi) is 3.50. The van der Waals surface area contributed by atoms with Crippen molar-refractivity contribution in [3.63, 3.8) is 0 Å². The predicted octanol–water partition coefficient (Wildman–Crippen LogP) is 0.889. The topological polar surface area (TPSA) is 57.1 Å². The molecule has 1 aliphatic heterocycles. The van der Waals surface area contributed by atoms with E-state index < -0.39 is 0 Å². The van der Waals surface area contributed by atoms with Crippen molar-refractivity contribution in [3.05, 3.63) is 0 Å². The smallest absolute Gasteiger partial charge is 0.190 e. The summed E-state index contributed by atoms with van der Waals surface area (Å²) in [5, 5.41) is 9.01. The lowest BCUT2D eigenvalue weighted by Crippen LogP contribution is -2.36. The fraction of sp³-hybridized carbons (Fsp3) is 0.857. The van der Waals surface area contributed by atoms with Gasteiger partial charge >= 0.3 is 0 Å². The van der Waals surface area contributed by atoms with E-state index in [0.717, 1.165) is 25.7 Å². The molecule has 1 heterocycles. The highest BCUT2D eigenvalue weighted by molar-refractivity contribution is 5.56. The molecule has 1 unspecified atom stereocenters. The number of nitrogens with zero attached hydrogens (tertiary/aromatic N) is 3. The van der Waals surface area contributed by atoms with Crippen molar-refractivity contribution in [3.8, 4) is 0 Å². The van der Waals surface area contributed by atoms with Gasteiger partial charge < -0.3 is 0 Å². The van der Waals surface area contributed by atoms with Crippen LogP contribution in [0.15, 0.2) is 10.4 Å². The average Bonchev–Trinajstić information content (AvgIpc) is 2.52. The van der Waals surface area contributed by atoms with E-state index in [4.69, 9.17) is 0 Å². The van der Waals surface area contributed by atoms with Crippen molar-refractivity contribution in [1.82, 2.24) is 10.4 Å². The number of hydrogen-bond acceptors (Lipinski definition) is 5. The quantitative estimate of drug-likeness (QED) is 0.492. The summed E-state index contributed by atoms with van der Waals surface area (Å²) in [5.74, 6) is 0. The molecule has 0 fully saturated rings. The van der Waals surface area contributed by atoms with E-state index in [9.17, 15) is 4.79 Å². The Morgan fingerprint density at radius 3 is 3.08 bits per heavy atom. The Bertz CT molecular complexity index is 171. The lowest BCUT2D eigenvalue weighted by atomic mass is 10.2. The molecule has 1 rings (SSSR count). The predicted molar refractivity (Wildman–Crippen MR) is 44.1 cm³/mol. The Morgan fingerprint density at radius 2 is 2.42 bits per heavy atom. The second-order valence-corrected chi connectivity index (χ2v) is 2.77. The standard InChI is InChI=1S/C7H14N4O/c1-2-3-4-5-11-7(6-12)8-9-10-11/h6-7H,2-5H2,1H3,(H,8,10). The zero-order valence-electron chi connectivity index (χ0n) is 7.23. The van der Waals surface area contributed by atoms with Gasteiger partial charge in [0.05, 0.1) is 0 Å². The zero-order valence-corrected chi connectivity index (χ0v) is 7.23. The van der Waals surface area contributed by atoms with E-state index in [-0.39, 0.29) is 6.17 Å². The molecule has 0 radical (unpaired) electrons. The third-order valence-corrected chi connectivity index (χ3v) is 1.79. The van der Waals surface area contributed by atoms with Crippen molar-refractivity contribution in [2.75, 3.05) is 6.54 Å². The number of nitrogens with one attached hydrogen (secondary N) is 1. The summed E-state index contributed by atoms with van der Waals surface area (Å²) < 4.78 is 0. The number of unbranched alkanes of at least 4 members (excludes halogenated alkanes) is 2. The van der Waals surface area contributed by atoms with Crippen LogP contribution >= 0.6 is 0 Å². The second kappa shape index (κ2) is 4.69. The van der Waals surface area contributed by atoms with Gasteiger partial charge in [-0.25, -0.2) is 5.01 Å². The monoisotopic (exact) mass is 170 g/mol. The van der Waals surface area contributed by atoms with Gasteiger partial charge in [-0.1, -0.05) is 30.2 Å². The number of carbonyl (C=O) groups excluding carboxylic acids is 1. The highest BCUT2D eigenvalue weighted by Gasteiger charge is 2.19. The summed E-state index contributed by atoms with van der Waals surface area (Å²) in [6, 6.07) is 0. The van der Waals surface area contributed by atoms with Crippen molar-refractivity contribution < 1.29 is 4.79 Å². The van der Waals surface area contributed by atoms with Gasteiger partial charge in [0.1, 0.15) is 0 Å². The van der Waals surface area contributed by atoms with Crippen LogP contribution in [0.1, 0.15) is 26.2 Å². The van der Waals surface area contributed by atoms with Crippen LogP contribution in [-0.4, -0.2) is 24.0 Å². The minimum Gasteiger partial charge on any atom is -0.299 e. The molecule has 1 aliphatic rings. The first-order valence-corrected chi connectivity index (χ1v) is 4.26. The van der Waals surface area contributed by atoms with Gasteiger partial charge in [-0.2, -0.15) is 0 Å². The van der Waals surface area contributed by atoms with Crippen LogP contribution in [0.3, 0.4) is 0 Å². The van der Waals surface area contributed by atoms with Gasteiger partial charge in [-0.3, -0.25) is 10.2 Å². The molecule has 12 heavy (non-hydrogen) atoms. The lowest BCUT2D eigenvalue weighted by molar-refractivity contribution is -0.112. The molecule has 0 saturated heterocycles. The first-order chi connectivity index (χ1) is 5.88. The van der Waals surface area contributed by atoms with Crippen LogP contribution in [-0.2, 0) is 4.79 Å². The third-order valence-electron chi connectivity index (χ3n) is 1.79. The first-order valence-electron chi connectivity index (χ1n) is 4.26. The van der Waals surface area contributed by atoms with Crippen LogP contribution in [0.25, 0.3) is 0 Å². The average molecular weight is 170 g/mol. The van der Waals surface area contributed by atoms with Gasteiger partial charge in [0.15, 0.2) is 12.5 Å². The minimum atomic E-state index is -0.346. The molecule has 68 valence electrons. The zero-order chi connectivity index (χ0) is 8.81. The Hall–Kier alpha value is -1.13. The largest absolute Gasteiger partial charge is 0.299 e. The number of carbonyl (C=O) groups is 1. The summed E-state index contributed by atoms with van der Waals surface area (Å²) in [6.07, 6.45) is 3.86. The molecule has 1 atom stereocenters. The van der Waals surface area contributed by atoms with Crippen LogP contribution in [0.5, 0.6) is 0 Å². The van der Waals surface area contributed by atoms with Crippen molar-refractivity contribution >= 4 is 6.29 Å². The Balaban J connectivity index is 2.21. The molecule has 1 N–H and O–H groups in total. The Morgan fingerprint density at radius 1 is 1.58 bits per heavy atom. The SMILES string of the molecule is CCCCCN1N=NNC1C=O. The van der Waals surface area contributed by atoms with Gasteiger partial charge in [-0.05, 0) is 6.42 Å². The first kappa shape index (κ1) is 8.96. The number of aldehydes is 1. The van der Waals surface area contributed by atoms with Crippen LogP contribution in [0.4, 0.5) is 0 Å². The van der Waals surface area contributed by atoms with Crippen molar-refractivity contribution in [2.45, 2.75) is 32.4 Å². The number of hydrogen-bond donors (Lipinski definition) is 1. The van der Waals surface area contributed by atoms with Gasteiger partial charge in [0.25, 0.3) is 0 Å². The fourth-order valence-electron chi connectivity index (χ4n) is 1.07. The Labute approximate surface area is 71.8 Å². The van der Waals surface area contributed by atoms with Crippen LogP contribution in [0.2, 0.25) is 0 Å². The summed E-state index contributed by atoms with van der Waals surface area (Å²) in [7, 11) is 0. The fourth-order valence-corrected chi connectivity index (χ4v) is 1.07. The molecule has 0 bridgehead atoms.